The molecule has 0 aliphatic carbocycles. The van der Waals surface area contributed by atoms with Crippen molar-refractivity contribution >= 4 is 6.08 Å². The van der Waals surface area contributed by atoms with E-state index in [0.29, 0.717) is 5.56 Å². The first-order valence-electron chi connectivity index (χ1n) is 3.29. The maximum atomic E-state index is 9.20. The first-order valence-corrected chi connectivity index (χ1v) is 3.29. The fourth-order valence-electron chi connectivity index (χ4n) is 0.793. The van der Waals surface area contributed by atoms with E-state index in [0.717, 1.165) is 0 Å². The molecule has 3 heteroatoms. The SMILES string of the molecule is [C-]#[N+]/C=C/c1cc(O)ccc1O. The van der Waals surface area contributed by atoms with Crippen LogP contribution in [0.15, 0.2) is 24.4 Å². The number of phenols is 2. The maximum Gasteiger partial charge on any atom is 0.154 e. The lowest BCUT2D eigenvalue weighted by Crippen LogP contribution is -1.73. The van der Waals surface area contributed by atoms with Crippen LogP contribution in [0.1, 0.15) is 5.56 Å². The standard InChI is InChI=1S/C9H7NO2/c1-10-5-4-7-6-8(11)2-3-9(7)12/h2-6,11-12H/b5-4+. The van der Waals surface area contributed by atoms with Gasteiger partial charge in [-0.05, 0) is 18.2 Å². The highest BCUT2D eigenvalue weighted by Gasteiger charge is 1.96. The summed E-state index contributed by atoms with van der Waals surface area (Å²) in [6, 6.07) is 4.14. The second kappa shape index (κ2) is 3.44. The molecule has 1 aromatic carbocycles. The Morgan fingerprint density at radius 3 is 2.75 bits per heavy atom. The van der Waals surface area contributed by atoms with E-state index >= 15 is 0 Å². The molecule has 1 rings (SSSR count). The van der Waals surface area contributed by atoms with Gasteiger partial charge in [-0.1, -0.05) is 6.08 Å². The Hall–Kier alpha value is -1.95. The first kappa shape index (κ1) is 8.15. The molecule has 3 nitrogen and oxygen atoms in total. The van der Waals surface area contributed by atoms with Crippen LogP contribution < -0.4 is 0 Å². The average Bonchev–Trinajstić information content (AvgIpc) is 2.07. The molecule has 2 N–H and O–H groups in total. The van der Waals surface area contributed by atoms with E-state index in [4.69, 9.17) is 11.7 Å². The van der Waals surface area contributed by atoms with Gasteiger partial charge in [0.2, 0.25) is 0 Å². The second-order valence-electron chi connectivity index (χ2n) is 2.19. The normalized spacial score (nSPS) is 9.92. The molecular weight excluding hydrogens is 154 g/mol. The summed E-state index contributed by atoms with van der Waals surface area (Å²) in [4.78, 5) is 2.98. The molecule has 0 amide bonds. The molecule has 0 saturated carbocycles. The Morgan fingerprint density at radius 1 is 1.33 bits per heavy atom. The summed E-state index contributed by atoms with van der Waals surface area (Å²) in [6.07, 6.45) is 2.65. The molecule has 0 aliphatic rings. The second-order valence-corrected chi connectivity index (χ2v) is 2.19. The maximum absolute atomic E-state index is 9.20. The summed E-state index contributed by atoms with van der Waals surface area (Å²) in [7, 11) is 0. The van der Waals surface area contributed by atoms with Crippen molar-refractivity contribution in [1.82, 2.24) is 0 Å². The average molecular weight is 161 g/mol. The Kier molecular flexibility index (Phi) is 2.34. The molecule has 0 atom stereocenters. The number of aromatic hydroxyl groups is 2. The van der Waals surface area contributed by atoms with Crippen LogP contribution in [0.4, 0.5) is 0 Å². The lowest BCUT2D eigenvalue weighted by atomic mass is 10.2. The van der Waals surface area contributed by atoms with Crippen LogP contribution in [0.25, 0.3) is 10.9 Å². The predicted octanol–water partition coefficient (Wildman–Crippen LogP) is 1.99. The molecular formula is C9H7NO2. The largest absolute Gasteiger partial charge is 0.508 e. The smallest absolute Gasteiger partial charge is 0.154 e. The van der Waals surface area contributed by atoms with Gasteiger partial charge in [0.1, 0.15) is 11.5 Å². The third-order valence-electron chi connectivity index (χ3n) is 1.34. The minimum Gasteiger partial charge on any atom is -0.508 e. The summed E-state index contributed by atoms with van der Waals surface area (Å²) in [5, 5.41) is 18.2. The van der Waals surface area contributed by atoms with E-state index < -0.39 is 0 Å². The van der Waals surface area contributed by atoms with E-state index in [1.165, 1.54) is 30.5 Å². The molecule has 0 radical (unpaired) electrons. The number of hydrogen-bond acceptors (Lipinski definition) is 2. The molecule has 0 saturated heterocycles. The molecule has 0 aromatic heterocycles. The predicted molar refractivity (Wildman–Crippen MR) is 45.4 cm³/mol. The zero-order valence-corrected chi connectivity index (χ0v) is 6.23. The van der Waals surface area contributed by atoms with Gasteiger partial charge in [-0.2, -0.15) is 0 Å². The van der Waals surface area contributed by atoms with Gasteiger partial charge >= 0.3 is 0 Å². The minimum absolute atomic E-state index is 0.0488. The van der Waals surface area contributed by atoms with Crippen molar-refractivity contribution in [2.45, 2.75) is 0 Å². The Morgan fingerprint density at radius 2 is 2.08 bits per heavy atom. The number of hydrogen-bond donors (Lipinski definition) is 2. The van der Waals surface area contributed by atoms with Crippen molar-refractivity contribution in [1.29, 1.82) is 0 Å². The van der Waals surface area contributed by atoms with Gasteiger partial charge < -0.3 is 10.2 Å². The highest BCUT2D eigenvalue weighted by molar-refractivity contribution is 5.59. The number of phenolic OH excluding ortho intramolecular Hbond substituents is 2. The lowest BCUT2D eigenvalue weighted by Gasteiger charge is -1.98. The molecule has 0 fully saturated rings. The highest BCUT2D eigenvalue weighted by Crippen LogP contribution is 2.22. The third kappa shape index (κ3) is 1.77. The molecule has 60 valence electrons. The molecule has 12 heavy (non-hydrogen) atoms. The molecule has 1 aromatic rings. The monoisotopic (exact) mass is 161 g/mol. The summed E-state index contributed by atoms with van der Waals surface area (Å²) >= 11 is 0. The highest BCUT2D eigenvalue weighted by atomic mass is 16.3. The van der Waals surface area contributed by atoms with E-state index in [-0.39, 0.29) is 11.5 Å². The Bertz CT molecular complexity index is 350. The van der Waals surface area contributed by atoms with E-state index in [1.807, 2.05) is 0 Å². The fourth-order valence-corrected chi connectivity index (χ4v) is 0.793. The molecule has 0 unspecified atom stereocenters. The lowest BCUT2D eigenvalue weighted by molar-refractivity contribution is 0.459. The van der Waals surface area contributed by atoms with Crippen LogP contribution in [0.2, 0.25) is 0 Å². The number of benzene rings is 1. The van der Waals surface area contributed by atoms with Crippen LogP contribution in [0, 0.1) is 6.57 Å². The molecule has 0 bridgehead atoms. The number of nitrogens with zero attached hydrogens (tertiary/aromatic N) is 1. The molecule has 0 heterocycles. The van der Waals surface area contributed by atoms with Gasteiger partial charge in [0.15, 0.2) is 6.20 Å². The number of rotatable bonds is 1. The van der Waals surface area contributed by atoms with E-state index in [9.17, 15) is 5.11 Å². The van der Waals surface area contributed by atoms with Crippen LogP contribution in [-0.4, -0.2) is 10.2 Å². The topological polar surface area (TPSA) is 44.8 Å². The van der Waals surface area contributed by atoms with Crippen molar-refractivity contribution in [2.24, 2.45) is 0 Å². The first-order chi connectivity index (χ1) is 5.74. The Labute approximate surface area is 70.0 Å². The van der Waals surface area contributed by atoms with Crippen LogP contribution in [-0.2, 0) is 0 Å². The van der Waals surface area contributed by atoms with Crippen LogP contribution in [0.5, 0.6) is 11.5 Å². The van der Waals surface area contributed by atoms with Crippen molar-refractivity contribution in [3.05, 3.63) is 41.4 Å². The van der Waals surface area contributed by atoms with E-state index in [1.54, 1.807) is 0 Å². The van der Waals surface area contributed by atoms with E-state index in [2.05, 4.69) is 4.85 Å². The van der Waals surface area contributed by atoms with Crippen molar-refractivity contribution in [3.63, 3.8) is 0 Å². The molecule has 0 spiro atoms. The summed E-state index contributed by atoms with van der Waals surface area (Å²) in [5.41, 5.74) is 0.436. The third-order valence-corrected chi connectivity index (χ3v) is 1.34. The van der Waals surface area contributed by atoms with Gasteiger partial charge in [-0.15, -0.1) is 0 Å². The van der Waals surface area contributed by atoms with Gasteiger partial charge in [-0.3, -0.25) is 0 Å². The minimum atomic E-state index is 0.0488. The van der Waals surface area contributed by atoms with Crippen molar-refractivity contribution in [2.75, 3.05) is 0 Å². The summed E-state index contributed by atoms with van der Waals surface area (Å²) in [5.74, 6) is 0.116. The summed E-state index contributed by atoms with van der Waals surface area (Å²) < 4.78 is 0. The molecule has 0 aliphatic heterocycles. The zero-order chi connectivity index (χ0) is 8.97. The zero-order valence-electron chi connectivity index (χ0n) is 6.23. The van der Waals surface area contributed by atoms with Crippen LogP contribution >= 0.6 is 0 Å². The van der Waals surface area contributed by atoms with Gasteiger partial charge in [-0.25, -0.2) is 4.85 Å². The fraction of sp³-hybridized carbons (Fsp3) is 0. The van der Waals surface area contributed by atoms with Gasteiger partial charge in [0.05, 0.1) is 6.57 Å². The van der Waals surface area contributed by atoms with Gasteiger partial charge in [0.25, 0.3) is 0 Å². The summed E-state index contributed by atoms with van der Waals surface area (Å²) in [6.45, 7) is 6.47. The van der Waals surface area contributed by atoms with Crippen molar-refractivity contribution in [3.8, 4) is 11.5 Å². The van der Waals surface area contributed by atoms with Crippen LogP contribution in [0.3, 0.4) is 0 Å². The van der Waals surface area contributed by atoms with Crippen molar-refractivity contribution < 1.29 is 10.2 Å². The quantitative estimate of drug-likeness (QED) is 0.488. The Balaban J connectivity index is 3.07. The van der Waals surface area contributed by atoms with Gasteiger partial charge in [0, 0.05) is 5.56 Å².